The molecule has 0 bridgehead atoms. The zero-order chi connectivity index (χ0) is 12.3. The van der Waals surface area contributed by atoms with Crippen molar-refractivity contribution < 1.29 is 0 Å². The van der Waals surface area contributed by atoms with Gasteiger partial charge < -0.3 is 0 Å². The third kappa shape index (κ3) is 2.72. The van der Waals surface area contributed by atoms with Crippen LogP contribution in [0.3, 0.4) is 0 Å². The van der Waals surface area contributed by atoms with Crippen LogP contribution < -0.4 is 5.69 Å². The molecule has 92 valence electrons. The number of hydrogen-bond donors (Lipinski definition) is 1. The molecule has 1 saturated carbocycles. The number of H-pyrrole nitrogens is 1. The quantitative estimate of drug-likeness (QED) is 0.783. The molecule has 1 N–H and O–H groups in total. The van der Waals surface area contributed by atoms with E-state index in [1.54, 1.807) is 16.3 Å². The van der Waals surface area contributed by atoms with Gasteiger partial charge in [-0.05, 0) is 24.7 Å². The lowest BCUT2D eigenvalue weighted by Crippen LogP contribution is -2.17. The minimum Gasteiger partial charge on any atom is -0.270 e. The van der Waals surface area contributed by atoms with E-state index in [0.717, 1.165) is 30.2 Å². The molecule has 1 heterocycles. The van der Waals surface area contributed by atoms with E-state index < -0.39 is 0 Å². The zero-order valence-corrected chi connectivity index (χ0v) is 10.7. The predicted molar refractivity (Wildman–Crippen MR) is 65.8 cm³/mol. The molecule has 17 heavy (non-hydrogen) atoms. The molecule has 1 aromatic rings. The molecular formula is C11H16N4OS. The highest BCUT2D eigenvalue weighted by atomic mass is 32.2. The topological polar surface area (TPSA) is 74.5 Å². The fourth-order valence-electron chi connectivity index (χ4n) is 1.77. The van der Waals surface area contributed by atoms with Gasteiger partial charge in [-0.1, -0.05) is 18.7 Å². The fraction of sp³-hybridized carbons (Fsp3) is 0.727. The summed E-state index contributed by atoms with van der Waals surface area (Å²) in [4.78, 5) is 11.5. The van der Waals surface area contributed by atoms with Crippen LogP contribution in [-0.2, 0) is 6.54 Å². The number of nitriles is 1. The van der Waals surface area contributed by atoms with Gasteiger partial charge in [0.2, 0.25) is 0 Å². The molecule has 0 radical (unpaired) electrons. The lowest BCUT2D eigenvalue weighted by atomic mass is 10.1. The summed E-state index contributed by atoms with van der Waals surface area (Å²) in [5, 5.41) is 16.0. The molecule has 0 saturated heterocycles. The molecular weight excluding hydrogens is 236 g/mol. The summed E-state index contributed by atoms with van der Waals surface area (Å²) >= 11 is 1.59. The molecule has 1 aliphatic rings. The van der Waals surface area contributed by atoms with E-state index in [1.165, 1.54) is 0 Å². The monoisotopic (exact) mass is 252 g/mol. The Morgan fingerprint density at radius 3 is 3.00 bits per heavy atom. The zero-order valence-electron chi connectivity index (χ0n) is 9.90. The van der Waals surface area contributed by atoms with Gasteiger partial charge in [0.25, 0.3) is 0 Å². The van der Waals surface area contributed by atoms with Crippen molar-refractivity contribution in [2.24, 2.45) is 5.41 Å². The average Bonchev–Trinajstić information content (AvgIpc) is 2.99. The first-order valence-electron chi connectivity index (χ1n) is 5.86. The average molecular weight is 252 g/mol. The van der Waals surface area contributed by atoms with E-state index in [-0.39, 0.29) is 11.1 Å². The van der Waals surface area contributed by atoms with Crippen molar-refractivity contribution in [3.05, 3.63) is 10.5 Å². The summed E-state index contributed by atoms with van der Waals surface area (Å²) in [6, 6.07) is 2.24. The smallest absolute Gasteiger partial charge is 0.270 e. The Balaban J connectivity index is 2.00. The Bertz CT molecular complexity index is 480. The predicted octanol–water partition coefficient (Wildman–Crippen LogP) is 1.77. The Morgan fingerprint density at radius 2 is 2.41 bits per heavy atom. The van der Waals surface area contributed by atoms with Crippen LogP contribution in [0.4, 0.5) is 0 Å². The molecule has 6 heteroatoms. The lowest BCUT2D eigenvalue weighted by molar-refractivity contribution is 0.588. The molecule has 1 aromatic heterocycles. The molecule has 0 aromatic carbocycles. The second kappa shape index (κ2) is 4.96. The maximum absolute atomic E-state index is 11.5. The van der Waals surface area contributed by atoms with E-state index in [2.05, 4.69) is 16.3 Å². The van der Waals surface area contributed by atoms with Crippen LogP contribution in [0.5, 0.6) is 0 Å². The third-order valence-corrected chi connectivity index (χ3v) is 4.42. The van der Waals surface area contributed by atoms with Crippen LogP contribution in [0.15, 0.2) is 9.95 Å². The summed E-state index contributed by atoms with van der Waals surface area (Å²) in [6.07, 6.45) is 3.77. The highest BCUT2D eigenvalue weighted by Gasteiger charge is 2.42. The lowest BCUT2D eigenvalue weighted by Gasteiger charge is -2.09. The first-order chi connectivity index (χ1) is 8.21. The highest BCUT2D eigenvalue weighted by Crippen LogP contribution is 2.51. The van der Waals surface area contributed by atoms with Crippen molar-refractivity contribution in [1.82, 2.24) is 14.8 Å². The van der Waals surface area contributed by atoms with Gasteiger partial charge in [-0.3, -0.25) is 4.57 Å². The Morgan fingerprint density at radius 1 is 1.65 bits per heavy atom. The van der Waals surface area contributed by atoms with Crippen molar-refractivity contribution in [1.29, 1.82) is 5.26 Å². The van der Waals surface area contributed by atoms with Gasteiger partial charge in [0.15, 0.2) is 5.16 Å². The van der Waals surface area contributed by atoms with E-state index in [1.807, 2.05) is 6.92 Å². The van der Waals surface area contributed by atoms with Gasteiger partial charge in [-0.15, -0.1) is 5.10 Å². The van der Waals surface area contributed by atoms with Gasteiger partial charge in [-0.25, -0.2) is 9.89 Å². The molecule has 0 spiro atoms. The first kappa shape index (κ1) is 12.2. The summed E-state index contributed by atoms with van der Waals surface area (Å²) in [5.74, 6) is 0.883. The van der Waals surface area contributed by atoms with Crippen molar-refractivity contribution in [3.63, 3.8) is 0 Å². The van der Waals surface area contributed by atoms with Crippen LogP contribution in [0, 0.1) is 16.7 Å². The second-order valence-electron chi connectivity index (χ2n) is 4.59. The summed E-state index contributed by atoms with van der Waals surface area (Å²) < 4.78 is 1.67. The minimum absolute atomic E-state index is 0.139. The van der Waals surface area contributed by atoms with Gasteiger partial charge in [0, 0.05) is 18.7 Å². The Labute approximate surface area is 104 Å². The minimum atomic E-state index is -0.139. The fourth-order valence-corrected chi connectivity index (χ4v) is 3.03. The van der Waals surface area contributed by atoms with Crippen LogP contribution in [0.25, 0.3) is 0 Å². The van der Waals surface area contributed by atoms with Crippen LogP contribution >= 0.6 is 11.8 Å². The number of nitrogens with one attached hydrogen (secondary N) is 1. The van der Waals surface area contributed by atoms with Crippen molar-refractivity contribution >= 4 is 11.8 Å². The molecule has 2 rings (SSSR count). The van der Waals surface area contributed by atoms with Crippen LogP contribution in [0.2, 0.25) is 0 Å². The maximum Gasteiger partial charge on any atom is 0.343 e. The summed E-state index contributed by atoms with van der Waals surface area (Å²) in [6.45, 7) is 2.73. The van der Waals surface area contributed by atoms with Crippen molar-refractivity contribution in [2.75, 3.05) is 5.75 Å². The molecule has 0 amide bonds. The standard InChI is InChI=1S/C11H16N4OS/c1-2-7-15-9(16)13-14-10(15)17-8-11(3-4-11)5-6-12/h2-5,7-8H2,1H3,(H,13,16). The largest absolute Gasteiger partial charge is 0.343 e. The van der Waals surface area contributed by atoms with Gasteiger partial charge in [0.1, 0.15) is 0 Å². The number of nitrogens with zero attached hydrogens (tertiary/aromatic N) is 3. The molecule has 0 atom stereocenters. The number of rotatable bonds is 6. The normalized spacial score (nSPS) is 16.7. The Hall–Kier alpha value is -1.22. The molecule has 5 nitrogen and oxygen atoms in total. The highest BCUT2D eigenvalue weighted by molar-refractivity contribution is 7.99. The number of hydrogen-bond acceptors (Lipinski definition) is 4. The van der Waals surface area contributed by atoms with E-state index >= 15 is 0 Å². The van der Waals surface area contributed by atoms with Crippen molar-refractivity contribution in [2.45, 2.75) is 44.3 Å². The molecule has 1 aliphatic carbocycles. The molecule has 0 unspecified atom stereocenters. The van der Waals surface area contributed by atoms with Gasteiger partial charge in [-0.2, -0.15) is 5.26 Å². The summed E-state index contributed by atoms with van der Waals surface area (Å²) in [5.41, 5.74) is 0.0466. The van der Waals surface area contributed by atoms with E-state index in [0.29, 0.717) is 13.0 Å². The number of thioether (sulfide) groups is 1. The van der Waals surface area contributed by atoms with Crippen LogP contribution in [0.1, 0.15) is 32.6 Å². The maximum atomic E-state index is 11.5. The Kier molecular flexibility index (Phi) is 3.57. The third-order valence-electron chi connectivity index (χ3n) is 3.09. The molecule has 1 fully saturated rings. The SMILES string of the molecule is CCCn1c(SCC2(CC#N)CC2)n[nH]c1=O. The van der Waals surface area contributed by atoms with Gasteiger partial charge >= 0.3 is 5.69 Å². The van der Waals surface area contributed by atoms with Crippen molar-refractivity contribution in [3.8, 4) is 6.07 Å². The number of aromatic amines is 1. The number of aromatic nitrogens is 3. The molecule has 0 aliphatic heterocycles. The first-order valence-corrected chi connectivity index (χ1v) is 6.84. The van der Waals surface area contributed by atoms with E-state index in [9.17, 15) is 4.79 Å². The van der Waals surface area contributed by atoms with E-state index in [4.69, 9.17) is 5.26 Å². The summed E-state index contributed by atoms with van der Waals surface area (Å²) in [7, 11) is 0. The van der Waals surface area contributed by atoms with Gasteiger partial charge in [0.05, 0.1) is 6.07 Å². The van der Waals surface area contributed by atoms with Crippen LogP contribution in [-0.4, -0.2) is 20.5 Å². The second-order valence-corrected chi connectivity index (χ2v) is 5.53.